The van der Waals surface area contributed by atoms with Crippen molar-refractivity contribution < 1.29 is 19.1 Å². The third kappa shape index (κ3) is 4.23. The van der Waals surface area contributed by atoms with Crippen molar-refractivity contribution in [3.05, 3.63) is 53.6 Å². The summed E-state index contributed by atoms with van der Waals surface area (Å²) >= 11 is 0. The van der Waals surface area contributed by atoms with Crippen molar-refractivity contribution >= 4 is 17.5 Å². The van der Waals surface area contributed by atoms with E-state index >= 15 is 0 Å². The van der Waals surface area contributed by atoms with Crippen molar-refractivity contribution in [2.75, 3.05) is 50.8 Å². The fraction of sp³-hybridized carbons (Fsp3) is 0.417. The largest absolute Gasteiger partial charge is 0.493 e. The maximum Gasteiger partial charge on any atom is 0.265 e. The van der Waals surface area contributed by atoms with Crippen LogP contribution >= 0.6 is 0 Å². The fourth-order valence-corrected chi connectivity index (χ4v) is 4.52. The number of fused-ring (bicyclic) bond motifs is 2. The highest BCUT2D eigenvalue weighted by molar-refractivity contribution is 5.98. The van der Waals surface area contributed by atoms with Crippen LogP contribution < -0.4 is 14.4 Å². The van der Waals surface area contributed by atoms with Crippen molar-refractivity contribution in [1.29, 1.82) is 0 Å². The third-order valence-electron chi connectivity index (χ3n) is 6.24. The molecule has 7 nitrogen and oxygen atoms in total. The number of nitrogens with zero attached hydrogens (tertiary/aromatic N) is 3. The van der Waals surface area contributed by atoms with E-state index in [-0.39, 0.29) is 18.4 Å². The predicted octanol–water partition coefficient (Wildman–Crippen LogP) is 2.08. The number of hydrogen-bond donors (Lipinski definition) is 0. The van der Waals surface area contributed by atoms with Crippen molar-refractivity contribution in [2.45, 2.75) is 19.4 Å². The Morgan fingerprint density at radius 3 is 2.68 bits per heavy atom. The molecule has 0 N–H and O–H groups in total. The Morgan fingerprint density at radius 2 is 1.81 bits per heavy atom. The summed E-state index contributed by atoms with van der Waals surface area (Å²) in [4.78, 5) is 31.1. The lowest BCUT2D eigenvalue weighted by molar-refractivity contribution is -0.132. The maximum absolute atomic E-state index is 12.8. The molecule has 0 saturated carbocycles. The zero-order valence-electron chi connectivity index (χ0n) is 17.6. The molecule has 0 bridgehead atoms. The number of carbonyl (C=O) groups is 2. The molecule has 31 heavy (non-hydrogen) atoms. The minimum absolute atomic E-state index is 0.0265. The van der Waals surface area contributed by atoms with Gasteiger partial charge in [0, 0.05) is 52.1 Å². The molecule has 0 unspecified atom stereocenters. The molecule has 0 atom stereocenters. The highest BCUT2D eigenvalue weighted by Gasteiger charge is 2.27. The van der Waals surface area contributed by atoms with Crippen LogP contribution in [0.1, 0.15) is 17.5 Å². The molecule has 1 saturated heterocycles. The zero-order valence-corrected chi connectivity index (χ0v) is 17.6. The molecule has 3 aliphatic heterocycles. The Morgan fingerprint density at radius 1 is 0.968 bits per heavy atom. The average molecular weight is 421 g/mol. The van der Waals surface area contributed by atoms with Crippen LogP contribution in [-0.2, 0) is 22.6 Å². The lowest BCUT2D eigenvalue weighted by Crippen LogP contribution is -2.49. The smallest absolute Gasteiger partial charge is 0.265 e. The Hall–Kier alpha value is -3.06. The second kappa shape index (κ2) is 8.59. The van der Waals surface area contributed by atoms with Gasteiger partial charge in [-0.05, 0) is 29.3 Å². The first-order valence-corrected chi connectivity index (χ1v) is 10.9. The van der Waals surface area contributed by atoms with Gasteiger partial charge in [0.25, 0.3) is 5.91 Å². The fourth-order valence-electron chi connectivity index (χ4n) is 4.52. The molecular formula is C24H27N3O4. The van der Waals surface area contributed by atoms with Gasteiger partial charge in [0.1, 0.15) is 11.5 Å². The van der Waals surface area contributed by atoms with E-state index in [2.05, 4.69) is 23.1 Å². The molecule has 1 fully saturated rings. The Balaban J connectivity index is 1.12. The van der Waals surface area contributed by atoms with Crippen molar-refractivity contribution in [2.24, 2.45) is 0 Å². The van der Waals surface area contributed by atoms with E-state index in [1.165, 1.54) is 11.1 Å². The van der Waals surface area contributed by atoms with Gasteiger partial charge in [0.2, 0.25) is 5.91 Å². The van der Waals surface area contributed by atoms with Crippen LogP contribution in [0.3, 0.4) is 0 Å². The van der Waals surface area contributed by atoms with Crippen LogP contribution in [0.15, 0.2) is 42.5 Å². The summed E-state index contributed by atoms with van der Waals surface area (Å²) in [6.07, 6.45) is 1.31. The standard InChI is InChI=1S/C24H27N3O4/c28-23(7-9-27-20-3-1-2-4-22(20)31-17-24(27)29)26-12-10-25(11-13-26)16-18-5-6-21-19(15-18)8-14-30-21/h1-6,15H,7-14,16-17H2. The van der Waals surface area contributed by atoms with Crippen LogP contribution in [0.25, 0.3) is 0 Å². The van der Waals surface area contributed by atoms with Gasteiger partial charge in [-0.1, -0.05) is 24.3 Å². The van der Waals surface area contributed by atoms with E-state index in [1.807, 2.05) is 29.2 Å². The molecule has 0 aliphatic carbocycles. The summed E-state index contributed by atoms with van der Waals surface area (Å²) in [6, 6.07) is 13.9. The normalized spacial score (nSPS) is 18.3. The number of ether oxygens (including phenoxy) is 2. The Kier molecular flexibility index (Phi) is 5.51. The SMILES string of the molecule is O=C(CCN1C(=O)COc2ccccc21)N1CCN(Cc2ccc3c(c2)CCO3)CC1. The maximum atomic E-state index is 12.8. The van der Waals surface area contributed by atoms with Crippen molar-refractivity contribution in [3.8, 4) is 11.5 Å². The number of hydrogen-bond acceptors (Lipinski definition) is 5. The van der Waals surface area contributed by atoms with Gasteiger partial charge in [0.05, 0.1) is 12.3 Å². The first-order chi connectivity index (χ1) is 15.2. The van der Waals surface area contributed by atoms with Gasteiger partial charge < -0.3 is 19.3 Å². The monoisotopic (exact) mass is 421 g/mol. The van der Waals surface area contributed by atoms with Crippen LogP contribution in [0, 0.1) is 0 Å². The number of rotatable bonds is 5. The molecule has 162 valence electrons. The van der Waals surface area contributed by atoms with Gasteiger partial charge in [-0.15, -0.1) is 0 Å². The lowest BCUT2D eigenvalue weighted by atomic mass is 10.1. The number of carbonyl (C=O) groups excluding carboxylic acids is 2. The highest BCUT2D eigenvalue weighted by atomic mass is 16.5. The first kappa shape index (κ1) is 19.9. The Bertz CT molecular complexity index is 985. The van der Waals surface area contributed by atoms with Crippen LogP contribution in [-0.4, -0.2) is 67.6 Å². The van der Waals surface area contributed by atoms with Gasteiger partial charge >= 0.3 is 0 Å². The van der Waals surface area contributed by atoms with E-state index in [9.17, 15) is 9.59 Å². The van der Waals surface area contributed by atoms with E-state index in [0.29, 0.717) is 18.7 Å². The zero-order chi connectivity index (χ0) is 21.2. The summed E-state index contributed by atoms with van der Waals surface area (Å²) in [7, 11) is 0. The van der Waals surface area contributed by atoms with Gasteiger partial charge in [-0.25, -0.2) is 0 Å². The van der Waals surface area contributed by atoms with Crippen molar-refractivity contribution in [3.63, 3.8) is 0 Å². The molecule has 3 heterocycles. The van der Waals surface area contributed by atoms with Crippen LogP contribution in [0.5, 0.6) is 11.5 Å². The van der Waals surface area contributed by atoms with E-state index in [1.54, 1.807) is 4.90 Å². The number of benzene rings is 2. The molecule has 2 aromatic rings. The second-order valence-corrected chi connectivity index (χ2v) is 8.25. The summed E-state index contributed by atoms with van der Waals surface area (Å²) in [5.41, 5.74) is 3.34. The molecule has 0 aromatic heterocycles. The molecule has 0 spiro atoms. The lowest BCUT2D eigenvalue weighted by Gasteiger charge is -2.35. The predicted molar refractivity (Wildman–Crippen MR) is 116 cm³/mol. The minimum atomic E-state index is -0.101. The average Bonchev–Trinajstić information content (AvgIpc) is 3.27. The van der Waals surface area contributed by atoms with E-state index in [4.69, 9.17) is 9.47 Å². The summed E-state index contributed by atoms with van der Waals surface area (Å²) in [5, 5.41) is 0. The minimum Gasteiger partial charge on any atom is -0.493 e. The van der Waals surface area contributed by atoms with Crippen molar-refractivity contribution in [1.82, 2.24) is 9.80 Å². The number of piperazine rings is 1. The summed E-state index contributed by atoms with van der Waals surface area (Å²) in [6.45, 7) is 5.25. The Labute approximate surface area is 182 Å². The van der Waals surface area contributed by atoms with E-state index in [0.717, 1.165) is 57.2 Å². The molecule has 0 radical (unpaired) electrons. The van der Waals surface area contributed by atoms with Gasteiger partial charge in [-0.3, -0.25) is 14.5 Å². The molecule has 5 rings (SSSR count). The number of anilines is 1. The molecular weight excluding hydrogens is 394 g/mol. The van der Waals surface area contributed by atoms with E-state index < -0.39 is 0 Å². The summed E-state index contributed by atoms with van der Waals surface area (Å²) < 4.78 is 11.1. The van der Waals surface area contributed by atoms with Crippen LogP contribution in [0.4, 0.5) is 5.69 Å². The quantitative estimate of drug-likeness (QED) is 0.740. The molecule has 7 heteroatoms. The first-order valence-electron chi connectivity index (χ1n) is 10.9. The van der Waals surface area contributed by atoms with Gasteiger partial charge in [0.15, 0.2) is 6.61 Å². The van der Waals surface area contributed by atoms with Gasteiger partial charge in [-0.2, -0.15) is 0 Å². The number of amides is 2. The summed E-state index contributed by atoms with van der Waals surface area (Å²) in [5.74, 6) is 1.71. The molecule has 3 aliphatic rings. The third-order valence-corrected chi connectivity index (χ3v) is 6.24. The molecule has 2 aromatic carbocycles. The highest BCUT2D eigenvalue weighted by Crippen LogP contribution is 2.31. The second-order valence-electron chi connectivity index (χ2n) is 8.25. The van der Waals surface area contributed by atoms with Crippen LogP contribution in [0.2, 0.25) is 0 Å². The number of para-hydroxylation sites is 2. The molecule has 2 amide bonds. The topological polar surface area (TPSA) is 62.3 Å².